The number of rotatable bonds is 4. The first-order valence-corrected chi connectivity index (χ1v) is 6.51. The van der Waals surface area contributed by atoms with Crippen molar-refractivity contribution in [2.75, 3.05) is 12.4 Å². The van der Waals surface area contributed by atoms with E-state index >= 15 is 0 Å². The largest absolute Gasteiger partial charge is 0.465 e. The second-order valence-corrected chi connectivity index (χ2v) is 4.47. The molecule has 0 aliphatic heterocycles. The van der Waals surface area contributed by atoms with Crippen LogP contribution in [-0.2, 0) is 11.2 Å². The minimum atomic E-state index is -0.505. The first-order valence-electron chi connectivity index (χ1n) is 6.51. The summed E-state index contributed by atoms with van der Waals surface area (Å²) in [7, 11) is 1.30. The molecule has 0 spiro atoms. The van der Waals surface area contributed by atoms with E-state index in [-0.39, 0.29) is 5.76 Å². The van der Waals surface area contributed by atoms with E-state index in [0.29, 0.717) is 23.4 Å². The van der Waals surface area contributed by atoms with Crippen LogP contribution in [0.4, 0.5) is 5.69 Å². The van der Waals surface area contributed by atoms with E-state index in [4.69, 9.17) is 9.26 Å². The molecular formula is C15H16N2O4. The number of hydrogen-bond donors (Lipinski definition) is 1. The maximum atomic E-state index is 12.2. The summed E-state index contributed by atoms with van der Waals surface area (Å²) in [6.07, 6.45) is 0.663. The molecule has 110 valence electrons. The summed E-state index contributed by atoms with van der Waals surface area (Å²) in [6, 6.07) is 6.72. The van der Waals surface area contributed by atoms with Gasteiger partial charge < -0.3 is 14.6 Å². The second kappa shape index (κ2) is 6.21. The highest BCUT2D eigenvalue weighted by Gasteiger charge is 2.19. The SMILES string of the molecule is CCc1cccc(C(=O)OC)c1NC(=O)c1cc(C)no1. The molecule has 1 heterocycles. The Morgan fingerprint density at radius 1 is 1.38 bits per heavy atom. The molecule has 0 atom stereocenters. The average Bonchev–Trinajstić information content (AvgIpc) is 2.93. The van der Waals surface area contributed by atoms with Crippen LogP contribution < -0.4 is 5.32 Å². The van der Waals surface area contributed by atoms with Gasteiger partial charge in [0.25, 0.3) is 5.91 Å². The number of nitrogens with one attached hydrogen (secondary N) is 1. The van der Waals surface area contributed by atoms with Crippen LogP contribution in [0.25, 0.3) is 0 Å². The summed E-state index contributed by atoms with van der Waals surface area (Å²) in [4.78, 5) is 24.0. The standard InChI is InChI=1S/C15H16N2O4/c1-4-10-6-5-7-11(15(19)20-3)13(10)16-14(18)12-8-9(2)17-21-12/h5-8H,4H2,1-3H3,(H,16,18). The van der Waals surface area contributed by atoms with Gasteiger partial charge in [0.1, 0.15) is 0 Å². The molecule has 2 rings (SSSR count). The van der Waals surface area contributed by atoms with Crippen molar-refractivity contribution >= 4 is 17.6 Å². The number of benzene rings is 1. The molecule has 6 nitrogen and oxygen atoms in total. The van der Waals surface area contributed by atoms with Crippen LogP contribution in [0.15, 0.2) is 28.8 Å². The number of aryl methyl sites for hydroxylation is 2. The van der Waals surface area contributed by atoms with E-state index in [1.807, 2.05) is 13.0 Å². The number of aromatic nitrogens is 1. The smallest absolute Gasteiger partial charge is 0.339 e. The van der Waals surface area contributed by atoms with E-state index in [1.165, 1.54) is 13.2 Å². The molecule has 21 heavy (non-hydrogen) atoms. The normalized spacial score (nSPS) is 10.2. The summed E-state index contributed by atoms with van der Waals surface area (Å²) in [5, 5.41) is 6.37. The predicted molar refractivity (Wildman–Crippen MR) is 76.4 cm³/mol. The number of anilines is 1. The maximum Gasteiger partial charge on any atom is 0.339 e. The van der Waals surface area contributed by atoms with E-state index in [1.54, 1.807) is 19.1 Å². The van der Waals surface area contributed by atoms with Gasteiger partial charge in [-0.1, -0.05) is 24.2 Å². The molecule has 2 aromatic rings. The third-order valence-electron chi connectivity index (χ3n) is 3.03. The predicted octanol–water partition coefficient (Wildman–Crippen LogP) is 2.58. The molecule has 1 aromatic carbocycles. The van der Waals surface area contributed by atoms with Crippen LogP contribution in [0.5, 0.6) is 0 Å². The summed E-state index contributed by atoms with van der Waals surface area (Å²) in [5.74, 6) is -0.870. The van der Waals surface area contributed by atoms with Gasteiger partial charge in [-0.25, -0.2) is 4.79 Å². The molecular weight excluding hydrogens is 272 g/mol. The van der Waals surface area contributed by atoms with Gasteiger partial charge >= 0.3 is 5.97 Å². The van der Waals surface area contributed by atoms with E-state index in [0.717, 1.165) is 5.56 Å². The molecule has 1 amide bonds. The molecule has 0 saturated heterocycles. The minimum absolute atomic E-state index is 0.0919. The summed E-state index contributed by atoms with van der Waals surface area (Å²) in [6.45, 7) is 3.66. The van der Waals surface area contributed by atoms with E-state index in [9.17, 15) is 9.59 Å². The Kier molecular flexibility index (Phi) is 4.37. The number of carbonyl (C=O) groups excluding carboxylic acids is 2. The van der Waals surface area contributed by atoms with Crippen LogP contribution in [0.2, 0.25) is 0 Å². The molecule has 1 N–H and O–H groups in total. The summed E-state index contributed by atoms with van der Waals surface area (Å²) >= 11 is 0. The van der Waals surface area contributed by atoms with Crippen molar-refractivity contribution in [2.45, 2.75) is 20.3 Å². The number of para-hydroxylation sites is 1. The van der Waals surface area contributed by atoms with Gasteiger partial charge in [0.15, 0.2) is 0 Å². The average molecular weight is 288 g/mol. The number of nitrogens with zero attached hydrogens (tertiary/aromatic N) is 1. The number of ether oxygens (including phenoxy) is 1. The Morgan fingerprint density at radius 2 is 2.14 bits per heavy atom. The third-order valence-corrected chi connectivity index (χ3v) is 3.03. The second-order valence-electron chi connectivity index (χ2n) is 4.47. The highest BCUT2D eigenvalue weighted by molar-refractivity contribution is 6.07. The number of esters is 1. The Hall–Kier alpha value is -2.63. The quantitative estimate of drug-likeness (QED) is 0.874. The minimum Gasteiger partial charge on any atom is -0.465 e. The van der Waals surface area contributed by atoms with Crippen LogP contribution in [0, 0.1) is 6.92 Å². The topological polar surface area (TPSA) is 81.4 Å². The molecule has 0 radical (unpaired) electrons. The number of hydrogen-bond acceptors (Lipinski definition) is 5. The Balaban J connectivity index is 2.37. The Bertz CT molecular complexity index is 676. The lowest BCUT2D eigenvalue weighted by atomic mass is 10.0. The first-order chi connectivity index (χ1) is 10.1. The van der Waals surface area contributed by atoms with Crippen LogP contribution in [-0.4, -0.2) is 24.1 Å². The van der Waals surface area contributed by atoms with Gasteiger partial charge in [0, 0.05) is 6.07 Å². The van der Waals surface area contributed by atoms with Gasteiger partial charge in [-0.05, 0) is 25.0 Å². The molecule has 0 saturated carbocycles. The van der Waals surface area contributed by atoms with Crippen molar-refractivity contribution in [2.24, 2.45) is 0 Å². The van der Waals surface area contributed by atoms with Crippen molar-refractivity contribution in [1.29, 1.82) is 0 Å². The Labute approximate surface area is 122 Å². The zero-order valence-electron chi connectivity index (χ0n) is 12.1. The molecule has 0 aliphatic rings. The third kappa shape index (κ3) is 3.10. The lowest BCUT2D eigenvalue weighted by molar-refractivity contribution is 0.0602. The van der Waals surface area contributed by atoms with Crippen LogP contribution in [0.3, 0.4) is 0 Å². The highest BCUT2D eigenvalue weighted by Crippen LogP contribution is 2.23. The van der Waals surface area contributed by atoms with E-state index in [2.05, 4.69) is 10.5 Å². The summed E-state index contributed by atoms with van der Waals surface area (Å²) < 4.78 is 9.66. The fraction of sp³-hybridized carbons (Fsp3) is 0.267. The van der Waals surface area contributed by atoms with Crippen LogP contribution >= 0.6 is 0 Å². The van der Waals surface area contributed by atoms with Gasteiger partial charge in [-0.2, -0.15) is 0 Å². The molecule has 0 aliphatic carbocycles. The van der Waals surface area contributed by atoms with Crippen LogP contribution in [0.1, 0.15) is 39.1 Å². The first kappa shape index (κ1) is 14.8. The van der Waals surface area contributed by atoms with Gasteiger partial charge in [-0.15, -0.1) is 0 Å². The monoisotopic (exact) mass is 288 g/mol. The fourth-order valence-electron chi connectivity index (χ4n) is 1.97. The van der Waals surface area contributed by atoms with Crippen molar-refractivity contribution in [3.8, 4) is 0 Å². The molecule has 0 bridgehead atoms. The summed E-state index contributed by atoms with van der Waals surface area (Å²) in [5.41, 5.74) is 2.19. The van der Waals surface area contributed by atoms with Crippen molar-refractivity contribution in [3.63, 3.8) is 0 Å². The molecule has 6 heteroatoms. The Morgan fingerprint density at radius 3 is 2.71 bits per heavy atom. The van der Waals surface area contributed by atoms with Crippen molar-refractivity contribution in [3.05, 3.63) is 46.8 Å². The number of methoxy groups -OCH3 is 1. The van der Waals surface area contributed by atoms with Gasteiger partial charge in [0.2, 0.25) is 5.76 Å². The zero-order valence-corrected chi connectivity index (χ0v) is 12.1. The highest BCUT2D eigenvalue weighted by atomic mass is 16.5. The van der Waals surface area contributed by atoms with Crippen molar-refractivity contribution in [1.82, 2.24) is 5.16 Å². The molecule has 0 fully saturated rings. The maximum absolute atomic E-state index is 12.2. The molecule has 1 aromatic heterocycles. The zero-order chi connectivity index (χ0) is 15.4. The lowest BCUT2D eigenvalue weighted by Gasteiger charge is -2.12. The number of carbonyl (C=O) groups is 2. The molecule has 0 unspecified atom stereocenters. The van der Waals surface area contributed by atoms with Crippen molar-refractivity contribution < 1.29 is 18.8 Å². The van der Waals surface area contributed by atoms with Gasteiger partial charge in [-0.3, -0.25) is 4.79 Å². The van der Waals surface area contributed by atoms with E-state index < -0.39 is 11.9 Å². The fourth-order valence-corrected chi connectivity index (χ4v) is 1.97. The van der Waals surface area contributed by atoms with Gasteiger partial charge in [0.05, 0.1) is 24.1 Å². The lowest BCUT2D eigenvalue weighted by Crippen LogP contribution is -2.16. The number of amides is 1.